The maximum atomic E-state index is 13.8. The zero-order valence-electron chi connectivity index (χ0n) is 19.8. The van der Waals surface area contributed by atoms with Crippen molar-refractivity contribution in [2.24, 2.45) is 5.92 Å². The average Bonchev–Trinajstić information content (AvgIpc) is 3.28. The summed E-state index contributed by atoms with van der Waals surface area (Å²) < 4.78 is 5.82. The van der Waals surface area contributed by atoms with Crippen molar-refractivity contribution >= 4 is 34.5 Å². The number of esters is 1. The van der Waals surface area contributed by atoms with E-state index in [-0.39, 0.29) is 16.0 Å². The largest absolute Gasteiger partial charge is 0.459 e. The van der Waals surface area contributed by atoms with E-state index in [1.165, 1.54) is 0 Å². The number of benzene rings is 1. The number of para-hydroxylation sites is 1. The van der Waals surface area contributed by atoms with Crippen LogP contribution in [0.25, 0.3) is 10.9 Å². The molecule has 0 aliphatic carbocycles. The molecule has 2 fully saturated rings. The quantitative estimate of drug-likeness (QED) is 0.554. The normalized spacial score (nSPS) is 22.4. The first-order valence-electron chi connectivity index (χ1n) is 11.5. The average molecular weight is 458 g/mol. The Morgan fingerprint density at radius 1 is 1.25 bits per heavy atom. The molecule has 1 spiro atoms. The van der Waals surface area contributed by atoms with Crippen LogP contribution < -0.4 is 0 Å². The Morgan fingerprint density at radius 2 is 1.94 bits per heavy atom. The molecule has 3 heterocycles. The highest BCUT2D eigenvalue weighted by atomic mass is 32.2. The zero-order valence-corrected chi connectivity index (χ0v) is 20.6. The number of fused-ring (bicyclic) bond motifs is 1. The summed E-state index contributed by atoms with van der Waals surface area (Å²) in [5, 5.41) is 1.10. The first-order valence-corrected chi connectivity index (χ1v) is 12.4. The highest BCUT2D eigenvalue weighted by molar-refractivity contribution is 8.01. The SMILES string of the molecule is CC1SC2(CCN(C)CC2)CN1C(=O)[C@@H](Cc1c[nH]c2ccccc12)C(=O)OC(C)(C)C. The second-order valence-corrected chi connectivity index (χ2v) is 12.1. The maximum absolute atomic E-state index is 13.8. The second-order valence-electron chi connectivity index (χ2n) is 10.3. The number of aromatic nitrogens is 1. The van der Waals surface area contributed by atoms with Crippen molar-refractivity contribution in [1.82, 2.24) is 14.8 Å². The number of thioether (sulfide) groups is 1. The summed E-state index contributed by atoms with van der Waals surface area (Å²) in [4.78, 5) is 34.6. The molecule has 2 aliphatic heterocycles. The summed E-state index contributed by atoms with van der Waals surface area (Å²) in [5.74, 6) is -1.40. The molecule has 1 unspecified atom stereocenters. The van der Waals surface area contributed by atoms with E-state index in [2.05, 4.69) is 23.9 Å². The number of amides is 1. The molecule has 1 aromatic heterocycles. The smallest absolute Gasteiger partial charge is 0.319 e. The molecule has 2 aromatic rings. The van der Waals surface area contributed by atoms with Crippen LogP contribution in [-0.2, 0) is 20.7 Å². The van der Waals surface area contributed by atoms with Crippen LogP contribution in [0.5, 0.6) is 0 Å². The van der Waals surface area contributed by atoms with Gasteiger partial charge < -0.3 is 19.5 Å². The number of aromatic amines is 1. The van der Waals surface area contributed by atoms with E-state index < -0.39 is 17.5 Å². The number of hydrogen-bond donors (Lipinski definition) is 1. The lowest BCUT2D eigenvalue weighted by Gasteiger charge is -2.36. The summed E-state index contributed by atoms with van der Waals surface area (Å²) in [6.45, 7) is 10.4. The molecule has 4 rings (SSSR count). The highest BCUT2D eigenvalue weighted by Crippen LogP contribution is 2.46. The number of rotatable bonds is 4. The Balaban J connectivity index is 1.59. The number of carbonyl (C=O) groups excluding carboxylic acids is 2. The minimum Gasteiger partial charge on any atom is -0.459 e. The Bertz CT molecular complexity index is 988. The van der Waals surface area contributed by atoms with E-state index in [1.54, 1.807) is 0 Å². The van der Waals surface area contributed by atoms with Crippen LogP contribution in [0, 0.1) is 5.92 Å². The molecule has 32 heavy (non-hydrogen) atoms. The Morgan fingerprint density at radius 3 is 2.62 bits per heavy atom. The first kappa shape index (κ1) is 23.2. The van der Waals surface area contributed by atoms with Gasteiger partial charge in [-0.05, 0) is 78.7 Å². The van der Waals surface area contributed by atoms with Crippen molar-refractivity contribution in [2.75, 3.05) is 26.7 Å². The number of ether oxygens (including phenoxy) is 1. The van der Waals surface area contributed by atoms with Crippen molar-refractivity contribution in [3.8, 4) is 0 Å². The molecule has 6 nitrogen and oxygen atoms in total. The number of nitrogens with zero attached hydrogens (tertiary/aromatic N) is 2. The van der Waals surface area contributed by atoms with Gasteiger partial charge in [0.25, 0.3) is 0 Å². The van der Waals surface area contributed by atoms with Crippen molar-refractivity contribution in [2.45, 2.75) is 62.7 Å². The molecule has 0 radical (unpaired) electrons. The van der Waals surface area contributed by atoms with Crippen molar-refractivity contribution in [3.05, 3.63) is 36.0 Å². The molecule has 1 amide bonds. The summed E-state index contributed by atoms with van der Waals surface area (Å²) in [6.07, 6.45) is 4.39. The number of nitrogens with one attached hydrogen (secondary N) is 1. The van der Waals surface area contributed by atoms with Gasteiger partial charge in [0.1, 0.15) is 11.5 Å². The fourth-order valence-electron chi connectivity index (χ4n) is 4.83. The standard InChI is InChI=1S/C25H35N3O3S/c1-17-28(16-25(32-17)10-12-27(5)13-11-25)22(29)20(23(30)31-24(2,3)4)14-18-15-26-21-9-7-6-8-19(18)21/h6-9,15,17,20,26H,10-14,16H2,1-5H3/t17?,20-/m1/s1. The van der Waals surface area contributed by atoms with Gasteiger partial charge in [0.05, 0.1) is 5.37 Å². The molecular formula is C25H35N3O3S. The summed E-state index contributed by atoms with van der Waals surface area (Å²) in [7, 11) is 2.15. The summed E-state index contributed by atoms with van der Waals surface area (Å²) in [6, 6.07) is 7.99. The van der Waals surface area contributed by atoms with Gasteiger partial charge in [-0.25, -0.2) is 0 Å². The summed E-state index contributed by atoms with van der Waals surface area (Å²) in [5.41, 5.74) is 1.34. The molecule has 0 saturated carbocycles. The van der Waals surface area contributed by atoms with E-state index in [0.717, 1.165) is 42.4 Å². The molecule has 2 saturated heterocycles. The van der Waals surface area contributed by atoms with Crippen molar-refractivity contribution in [1.29, 1.82) is 0 Å². The Kier molecular flexibility index (Phi) is 6.34. The van der Waals surface area contributed by atoms with Crippen LogP contribution in [0.1, 0.15) is 46.1 Å². The molecule has 2 aliphatic rings. The third-order valence-electron chi connectivity index (χ3n) is 6.59. The third kappa shape index (κ3) is 4.84. The lowest BCUT2D eigenvalue weighted by Crippen LogP contribution is -2.47. The van der Waals surface area contributed by atoms with Crippen LogP contribution in [-0.4, -0.2) is 69.1 Å². The van der Waals surface area contributed by atoms with Crippen LogP contribution in [0.2, 0.25) is 0 Å². The van der Waals surface area contributed by atoms with Crippen molar-refractivity contribution in [3.63, 3.8) is 0 Å². The van der Waals surface area contributed by atoms with E-state index in [1.807, 2.05) is 67.9 Å². The minimum absolute atomic E-state index is 0.0545. The zero-order chi connectivity index (χ0) is 23.1. The van der Waals surface area contributed by atoms with Gasteiger partial charge in [0.2, 0.25) is 5.91 Å². The van der Waals surface area contributed by atoms with E-state index in [4.69, 9.17) is 4.74 Å². The molecule has 1 aromatic carbocycles. The predicted octanol–water partition coefficient (Wildman–Crippen LogP) is 4.05. The maximum Gasteiger partial charge on any atom is 0.319 e. The lowest BCUT2D eigenvalue weighted by atomic mass is 9.93. The van der Waals surface area contributed by atoms with Gasteiger partial charge in [-0.2, -0.15) is 0 Å². The molecule has 7 heteroatoms. The van der Waals surface area contributed by atoms with Gasteiger partial charge >= 0.3 is 5.97 Å². The van der Waals surface area contributed by atoms with Gasteiger partial charge in [-0.3, -0.25) is 9.59 Å². The van der Waals surface area contributed by atoms with Crippen LogP contribution >= 0.6 is 11.8 Å². The second kappa shape index (κ2) is 8.75. The summed E-state index contributed by atoms with van der Waals surface area (Å²) >= 11 is 1.90. The fourth-order valence-corrected chi connectivity index (χ4v) is 6.49. The topological polar surface area (TPSA) is 65.6 Å². The first-order chi connectivity index (χ1) is 15.1. The highest BCUT2D eigenvalue weighted by Gasteiger charge is 2.48. The van der Waals surface area contributed by atoms with Gasteiger partial charge in [0.15, 0.2) is 0 Å². The van der Waals surface area contributed by atoms with E-state index in [0.29, 0.717) is 13.0 Å². The Labute approximate surface area is 195 Å². The van der Waals surface area contributed by atoms with E-state index in [9.17, 15) is 9.59 Å². The number of piperidine rings is 1. The minimum atomic E-state index is -0.849. The van der Waals surface area contributed by atoms with Gasteiger partial charge in [-0.15, -0.1) is 11.8 Å². The number of hydrogen-bond acceptors (Lipinski definition) is 5. The number of likely N-dealkylation sites (tertiary alicyclic amines) is 1. The van der Waals surface area contributed by atoms with Gasteiger partial charge in [-0.1, -0.05) is 18.2 Å². The third-order valence-corrected chi connectivity index (χ3v) is 8.22. The molecule has 0 bridgehead atoms. The van der Waals surface area contributed by atoms with Gasteiger partial charge in [0, 0.05) is 28.4 Å². The Hall–Kier alpha value is -1.99. The fraction of sp³-hybridized carbons (Fsp3) is 0.600. The number of H-pyrrole nitrogens is 1. The van der Waals surface area contributed by atoms with Crippen LogP contribution in [0.3, 0.4) is 0 Å². The predicted molar refractivity (Wildman–Crippen MR) is 130 cm³/mol. The molecule has 1 N–H and O–H groups in total. The lowest BCUT2D eigenvalue weighted by molar-refractivity contribution is -0.164. The van der Waals surface area contributed by atoms with Crippen molar-refractivity contribution < 1.29 is 14.3 Å². The molecular weight excluding hydrogens is 422 g/mol. The monoisotopic (exact) mass is 457 g/mol. The molecule has 2 atom stereocenters. The van der Waals surface area contributed by atoms with Crippen LogP contribution in [0.4, 0.5) is 0 Å². The van der Waals surface area contributed by atoms with Crippen LogP contribution in [0.15, 0.2) is 30.5 Å². The molecule has 174 valence electrons. The number of carbonyl (C=O) groups is 2. The van der Waals surface area contributed by atoms with E-state index >= 15 is 0 Å².